The molecule has 4 rings (SSSR count). The van der Waals surface area contributed by atoms with Crippen molar-refractivity contribution in [3.05, 3.63) is 63.9 Å². The lowest BCUT2D eigenvalue weighted by molar-refractivity contribution is -0.124. The average molecular weight is 370 g/mol. The summed E-state index contributed by atoms with van der Waals surface area (Å²) in [5.41, 5.74) is 4.83. The molecular formula is C21H24ClN3O. The minimum absolute atomic E-state index is 0.00736. The predicted molar refractivity (Wildman–Crippen MR) is 104 cm³/mol. The van der Waals surface area contributed by atoms with Crippen molar-refractivity contribution in [3.8, 4) is 0 Å². The Morgan fingerprint density at radius 1 is 1.15 bits per heavy atom. The van der Waals surface area contributed by atoms with E-state index in [0.29, 0.717) is 6.54 Å². The van der Waals surface area contributed by atoms with Gasteiger partial charge in [0.2, 0.25) is 0 Å². The number of nitrogens with zero attached hydrogens (tertiary/aromatic N) is 3. The SMILES string of the molecule is CC(=O)[C@H]1CN([C@@H]2c3ncccc3CCc3cccc(Cl)c32)CCN1C. The average Bonchev–Trinajstić information content (AvgIpc) is 2.80. The topological polar surface area (TPSA) is 36.4 Å². The first kappa shape index (κ1) is 17.7. The number of ketones is 1. The van der Waals surface area contributed by atoms with Gasteiger partial charge in [0.1, 0.15) is 5.78 Å². The summed E-state index contributed by atoms with van der Waals surface area (Å²) in [6, 6.07) is 10.3. The molecule has 2 heterocycles. The summed E-state index contributed by atoms with van der Waals surface area (Å²) >= 11 is 6.69. The second kappa shape index (κ2) is 7.10. The summed E-state index contributed by atoms with van der Waals surface area (Å²) in [6.45, 7) is 4.15. The first-order valence-corrected chi connectivity index (χ1v) is 9.60. The molecule has 1 aromatic carbocycles. The van der Waals surface area contributed by atoms with Gasteiger partial charge in [0, 0.05) is 30.9 Å². The van der Waals surface area contributed by atoms with Crippen LogP contribution in [0, 0.1) is 0 Å². The minimum Gasteiger partial charge on any atom is -0.298 e. The highest BCUT2D eigenvalue weighted by molar-refractivity contribution is 6.31. The van der Waals surface area contributed by atoms with Gasteiger partial charge in [0.15, 0.2) is 0 Å². The highest BCUT2D eigenvalue weighted by atomic mass is 35.5. The van der Waals surface area contributed by atoms with E-state index in [9.17, 15) is 4.79 Å². The van der Waals surface area contributed by atoms with Crippen LogP contribution in [0.15, 0.2) is 36.5 Å². The zero-order valence-corrected chi connectivity index (χ0v) is 16.0. The number of hydrogen-bond donors (Lipinski definition) is 0. The molecular weight excluding hydrogens is 346 g/mol. The van der Waals surface area contributed by atoms with Gasteiger partial charge in [-0.1, -0.05) is 29.8 Å². The number of aromatic nitrogens is 1. The number of hydrogen-bond acceptors (Lipinski definition) is 4. The molecule has 1 saturated heterocycles. The molecule has 1 aliphatic carbocycles. The Bertz CT molecular complexity index is 838. The van der Waals surface area contributed by atoms with Crippen LogP contribution in [0.2, 0.25) is 5.02 Å². The molecule has 2 atom stereocenters. The predicted octanol–water partition coefficient (Wildman–Crippen LogP) is 3.13. The third-order valence-electron chi connectivity index (χ3n) is 5.78. The van der Waals surface area contributed by atoms with Crippen LogP contribution in [0.1, 0.15) is 35.3 Å². The fraction of sp³-hybridized carbons (Fsp3) is 0.429. The third-order valence-corrected chi connectivity index (χ3v) is 6.11. The maximum absolute atomic E-state index is 12.2. The molecule has 5 heteroatoms. The lowest BCUT2D eigenvalue weighted by Crippen LogP contribution is -2.55. The minimum atomic E-state index is -0.0786. The largest absolute Gasteiger partial charge is 0.298 e. The number of pyridine rings is 1. The number of benzene rings is 1. The maximum atomic E-state index is 12.2. The van der Waals surface area contributed by atoms with Crippen molar-refractivity contribution in [1.29, 1.82) is 0 Å². The number of likely N-dealkylation sites (N-methyl/N-ethyl adjacent to an activating group) is 1. The van der Waals surface area contributed by atoms with E-state index in [0.717, 1.165) is 36.6 Å². The molecule has 1 aromatic heterocycles. The Kier molecular flexibility index (Phi) is 4.82. The lowest BCUT2D eigenvalue weighted by Gasteiger charge is -2.42. The summed E-state index contributed by atoms with van der Waals surface area (Å²) < 4.78 is 0. The highest BCUT2D eigenvalue weighted by Gasteiger charge is 2.36. The molecule has 1 aliphatic heterocycles. The van der Waals surface area contributed by atoms with Crippen LogP contribution >= 0.6 is 11.6 Å². The van der Waals surface area contributed by atoms with Crippen LogP contribution < -0.4 is 0 Å². The molecule has 0 saturated carbocycles. The molecule has 0 N–H and O–H groups in total. The van der Waals surface area contributed by atoms with Gasteiger partial charge in [-0.2, -0.15) is 0 Å². The molecule has 0 unspecified atom stereocenters. The Morgan fingerprint density at radius 2 is 1.92 bits per heavy atom. The van der Waals surface area contributed by atoms with Gasteiger partial charge < -0.3 is 0 Å². The second-order valence-electron chi connectivity index (χ2n) is 7.36. The molecule has 26 heavy (non-hydrogen) atoms. The van der Waals surface area contributed by atoms with Crippen molar-refractivity contribution in [3.63, 3.8) is 0 Å². The molecule has 4 nitrogen and oxygen atoms in total. The standard InChI is InChI=1S/C21H24ClN3O/c1-14(26)18-13-25(12-11-24(18)2)21-19-15(5-3-7-17(19)22)8-9-16-6-4-10-23-20(16)21/h3-7,10,18,21H,8-9,11-13H2,1-2H3/t18-,21+/m1/s1. The number of aryl methyl sites for hydroxylation is 2. The molecule has 1 fully saturated rings. The number of carbonyl (C=O) groups is 1. The van der Waals surface area contributed by atoms with E-state index >= 15 is 0 Å². The smallest absolute Gasteiger partial charge is 0.148 e. The monoisotopic (exact) mass is 369 g/mol. The van der Waals surface area contributed by atoms with Gasteiger partial charge in [0.25, 0.3) is 0 Å². The number of carbonyl (C=O) groups excluding carboxylic acids is 1. The van der Waals surface area contributed by atoms with Gasteiger partial charge in [-0.3, -0.25) is 19.6 Å². The zero-order valence-electron chi connectivity index (χ0n) is 15.3. The second-order valence-corrected chi connectivity index (χ2v) is 7.77. The summed E-state index contributed by atoms with van der Waals surface area (Å²) in [7, 11) is 2.03. The first-order valence-electron chi connectivity index (χ1n) is 9.22. The lowest BCUT2D eigenvalue weighted by atomic mass is 9.94. The first-order chi connectivity index (χ1) is 12.6. The van der Waals surface area contributed by atoms with Crippen molar-refractivity contribution in [2.75, 3.05) is 26.7 Å². The summed E-state index contributed by atoms with van der Waals surface area (Å²) in [5, 5.41) is 0.796. The molecule has 0 radical (unpaired) electrons. The Balaban J connectivity index is 1.83. The summed E-state index contributed by atoms with van der Waals surface area (Å²) in [4.78, 5) is 21.5. The van der Waals surface area contributed by atoms with Crippen molar-refractivity contribution >= 4 is 17.4 Å². The number of piperazine rings is 1. The Labute approximate surface area is 159 Å². The molecule has 0 amide bonds. The number of Topliss-reactive ketones (excluding diaryl/α,β-unsaturated/α-hetero) is 1. The molecule has 0 bridgehead atoms. The zero-order chi connectivity index (χ0) is 18.3. The number of halogens is 1. The van der Waals surface area contributed by atoms with E-state index in [2.05, 4.69) is 21.9 Å². The fourth-order valence-electron chi connectivity index (χ4n) is 4.34. The molecule has 2 aromatic rings. The number of rotatable bonds is 2. The van der Waals surface area contributed by atoms with Crippen LogP contribution in [-0.4, -0.2) is 53.3 Å². The van der Waals surface area contributed by atoms with Crippen molar-refractivity contribution in [1.82, 2.24) is 14.8 Å². The van der Waals surface area contributed by atoms with Crippen molar-refractivity contribution in [2.24, 2.45) is 0 Å². The van der Waals surface area contributed by atoms with Crippen LogP contribution in [0.25, 0.3) is 0 Å². The van der Waals surface area contributed by atoms with Crippen LogP contribution in [0.3, 0.4) is 0 Å². The van der Waals surface area contributed by atoms with Crippen molar-refractivity contribution < 1.29 is 4.79 Å². The van der Waals surface area contributed by atoms with E-state index in [1.165, 1.54) is 16.7 Å². The molecule has 0 spiro atoms. The Hall–Kier alpha value is -1.75. The van der Waals surface area contributed by atoms with Crippen LogP contribution in [0.5, 0.6) is 0 Å². The van der Waals surface area contributed by atoms with E-state index in [4.69, 9.17) is 16.6 Å². The van der Waals surface area contributed by atoms with Crippen LogP contribution in [-0.2, 0) is 17.6 Å². The maximum Gasteiger partial charge on any atom is 0.148 e. The van der Waals surface area contributed by atoms with Gasteiger partial charge >= 0.3 is 0 Å². The van der Waals surface area contributed by atoms with Gasteiger partial charge in [0.05, 0.1) is 17.8 Å². The fourth-order valence-corrected chi connectivity index (χ4v) is 4.64. The summed E-state index contributed by atoms with van der Waals surface area (Å²) in [6.07, 6.45) is 3.80. The van der Waals surface area contributed by atoms with Gasteiger partial charge in [-0.15, -0.1) is 0 Å². The Morgan fingerprint density at radius 3 is 2.73 bits per heavy atom. The normalized spacial score (nSPS) is 23.8. The van der Waals surface area contributed by atoms with E-state index in [1.807, 2.05) is 31.4 Å². The van der Waals surface area contributed by atoms with Gasteiger partial charge in [-0.25, -0.2) is 0 Å². The van der Waals surface area contributed by atoms with Gasteiger partial charge in [-0.05, 0) is 55.6 Å². The molecule has 2 aliphatic rings. The molecule has 136 valence electrons. The quantitative estimate of drug-likeness (QED) is 0.815. The van der Waals surface area contributed by atoms with E-state index in [1.54, 1.807) is 6.92 Å². The van der Waals surface area contributed by atoms with Crippen molar-refractivity contribution in [2.45, 2.75) is 31.8 Å². The highest BCUT2D eigenvalue weighted by Crippen LogP contribution is 2.40. The summed E-state index contributed by atoms with van der Waals surface area (Å²) in [5.74, 6) is 0.214. The van der Waals surface area contributed by atoms with Crippen LogP contribution in [0.4, 0.5) is 0 Å². The van der Waals surface area contributed by atoms with E-state index in [-0.39, 0.29) is 17.9 Å². The van der Waals surface area contributed by atoms with E-state index < -0.39 is 0 Å². The number of fused-ring (bicyclic) bond motifs is 2. The third kappa shape index (κ3) is 3.07.